The normalized spacial score (nSPS) is 16.7. The molecule has 2 heterocycles. The molecule has 2 aromatic heterocycles. The predicted molar refractivity (Wildman–Crippen MR) is 70.6 cm³/mol. The van der Waals surface area contributed by atoms with Crippen molar-refractivity contribution >= 4 is 11.3 Å². The Balaban J connectivity index is 1.79. The van der Waals surface area contributed by atoms with E-state index < -0.39 is 0 Å². The minimum Gasteiger partial charge on any atom is -0.373 e. The van der Waals surface area contributed by atoms with E-state index in [2.05, 4.69) is 15.1 Å². The third-order valence-corrected chi connectivity index (χ3v) is 4.04. The average Bonchev–Trinajstić information content (AvgIpc) is 2.94. The molecule has 0 amide bonds. The highest BCUT2D eigenvalue weighted by atomic mass is 32.1. The zero-order valence-corrected chi connectivity index (χ0v) is 11.5. The second-order valence-corrected chi connectivity index (χ2v) is 5.56. The molecule has 1 fully saturated rings. The van der Waals surface area contributed by atoms with Crippen molar-refractivity contribution in [2.75, 3.05) is 13.7 Å². The van der Waals surface area contributed by atoms with Gasteiger partial charge >= 0.3 is 0 Å². The van der Waals surface area contributed by atoms with Gasteiger partial charge in [0.25, 0.3) is 5.89 Å². The Kier molecular flexibility index (Phi) is 3.58. The first-order chi connectivity index (χ1) is 9.31. The van der Waals surface area contributed by atoms with Crippen LogP contribution in [0.1, 0.15) is 29.8 Å². The van der Waals surface area contributed by atoms with E-state index in [1.165, 1.54) is 12.8 Å². The van der Waals surface area contributed by atoms with E-state index in [0.717, 1.165) is 17.1 Å². The van der Waals surface area contributed by atoms with Crippen LogP contribution < -0.4 is 5.73 Å². The second-order valence-electron chi connectivity index (χ2n) is 4.62. The summed E-state index contributed by atoms with van der Waals surface area (Å²) in [5.41, 5.74) is 6.23. The average molecular weight is 280 g/mol. The van der Waals surface area contributed by atoms with E-state index in [9.17, 15) is 0 Å². The largest absolute Gasteiger partial charge is 0.373 e. The van der Waals surface area contributed by atoms with Crippen LogP contribution in [0.15, 0.2) is 9.90 Å². The standard InChI is InChI=1S/C12H16N4O2S/c1-17-10(7-2-3-7)11-15-12(18-16-11)8-6-19-9(14-8)4-5-13/h6-7,10H,2-5,13H2,1H3. The highest BCUT2D eigenvalue weighted by molar-refractivity contribution is 7.09. The number of nitrogens with two attached hydrogens (primary N) is 1. The number of hydrogen-bond donors (Lipinski definition) is 1. The van der Waals surface area contributed by atoms with Crippen LogP contribution in [0.2, 0.25) is 0 Å². The molecule has 102 valence electrons. The van der Waals surface area contributed by atoms with Gasteiger partial charge in [-0.05, 0) is 25.3 Å². The van der Waals surface area contributed by atoms with Gasteiger partial charge in [0, 0.05) is 18.9 Å². The summed E-state index contributed by atoms with van der Waals surface area (Å²) >= 11 is 1.56. The highest BCUT2D eigenvalue weighted by Crippen LogP contribution is 2.42. The summed E-state index contributed by atoms with van der Waals surface area (Å²) in [6.45, 7) is 0.593. The van der Waals surface area contributed by atoms with Crippen LogP contribution in [0, 0.1) is 5.92 Å². The van der Waals surface area contributed by atoms with Gasteiger partial charge in [0.15, 0.2) is 0 Å². The van der Waals surface area contributed by atoms with Crippen molar-refractivity contribution in [3.63, 3.8) is 0 Å². The molecule has 1 aliphatic rings. The lowest BCUT2D eigenvalue weighted by Crippen LogP contribution is -2.05. The summed E-state index contributed by atoms with van der Waals surface area (Å²) in [4.78, 5) is 8.83. The summed E-state index contributed by atoms with van der Waals surface area (Å²) in [6, 6.07) is 0. The number of methoxy groups -OCH3 is 1. The molecule has 7 heteroatoms. The molecule has 1 saturated carbocycles. The third-order valence-electron chi connectivity index (χ3n) is 3.13. The van der Waals surface area contributed by atoms with Gasteiger partial charge in [0.1, 0.15) is 11.8 Å². The van der Waals surface area contributed by atoms with E-state index in [1.54, 1.807) is 18.4 Å². The quantitative estimate of drug-likeness (QED) is 0.868. The van der Waals surface area contributed by atoms with E-state index in [0.29, 0.717) is 24.2 Å². The zero-order valence-electron chi connectivity index (χ0n) is 10.7. The Hall–Kier alpha value is -1.31. The maximum Gasteiger partial charge on any atom is 0.277 e. The van der Waals surface area contributed by atoms with Crippen molar-refractivity contribution in [3.05, 3.63) is 16.2 Å². The van der Waals surface area contributed by atoms with Gasteiger partial charge in [-0.15, -0.1) is 11.3 Å². The molecule has 1 atom stereocenters. The van der Waals surface area contributed by atoms with Gasteiger partial charge in [-0.3, -0.25) is 0 Å². The highest BCUT2D eigenvalue weighted by Gasteiger charge is 2.35. The van der Waals surface area contributed by atoms with Crippen LogP contribution in [0.5, 0.6) is 0 Å². The molecule has 1 unspecified atom stereocenters. The summed E-state index contributed by atoms with van der Waals surface area (Å²) in [5, 5.41) is 6.92. The molecule has 2 N–H and O–H groups in total. The van der Waals surface area contributed by atoms with E-state index in [4.69, 9.17) is 15.0 Å². The van der Waals surface area contributed by atoms with Crippen LogP contribution in [0.4, 0.5) is 0 Å². The van der Waals surface area contributed by atoms with Crippen molar-refractivity contribution in [3.8, 4) is 11.6 Å². The van der Waals surface area contributed by atoms with Gasteiger partial charge in [-0.2, -0.15) is 4.98 Å². The first-order valence-electron chi connectivity index (χ1n) is 6.33. The van der Waals surface area contributed by atoms with Gasteiger partial charge in [-0.25, -0.2) is 4.98 Å². The summed E-state index contributed by atoms with van der Waals surface area (Å²) < 4.78 is 10.7. The van der Waals surface area contributed by atoms with Crippen LogP contribution in [0.25, 0.3) is 11.6 Å². The van der Waals surface area contributed by atoms with Gasteiger partial charge in [0.2, 0.25) is 5.82 Å². The lowest BCUT2D eigenvalue weighted by molar-refractivity contribution is 0.0751. The zero-order chi connectivity index (χ0) is 13.2. The topological polar surface area (TPSA) is 87.1 Å². The van der Waals surface area contributed by atoms with Crippen LogP contribution in [-0.4, -0.2) is 28.8 Å². The molecule has 3 rings (SSSR count). The molecule has 0 bridgehead atoms. The smallest absolute Gasteiger partial charge is 0.277 e. The Morgan fingerprint density at radius 3 is 3.05 bits per heavy atom. The number of nitrogens with zero attached hydrogens (tertiary/aromatic N) is 3. The number of thiazole rings is 1. The maximum atomic E-state index is 5.51. The fraction of sp³-hybridized carbons (Fsp3) is 0.583. The molecule has 2 aromatic rings. The minimum atomic E-state index is -0.0559. The SMILES string of the molecule is COC(c1noc(-c2csc(CCN)n2)n1)C1CC1. The van der Waals surface area contributed by atoms with Crippen molar-refractivity contribution in [1.29, 1.82) is 0 Å². The fourth-order valence-corrected chi connectivity index (χ4v) is 2.80. The monoisotopic (exact) mass is 280 g/mol. The first kappa shape index (κ1) is 12.7. The lowest BCUT2D eigenvalue weighted by atomic mass is 10.2. The molecular weight excluding hydrogens is 264 g/mol. The van der Waals surface area contributed by atoms with Crippen LogP contribution in [-0.2, 0) is 11.2 Å². The molecule has 0 saturated heterocycles. The Labute approximate surface area is 115 Å². The molecule has 19 heavy (non-hydrogen) atoms. The molecule has 0 spiro atoms. The Morgan fingerprint density at radius 2 is 2.37 bits per heavy atom. The van der Waals surface area contributed by atoms with E-state index >= 15 is 0 Å². The van der Waals surface area contributed by atoms with E-state index in [-0.39, 0.29) is 6.10 Å². The summed E-state index contributed by atoms with van der Waals surface area (Å²) in [6.07, 6.45) is 3.05. The van der Waals surface area contributed by atoms with Crippen molar-refractivity contribution in [1.82, 2.24) is 15.1 Å². The number of hydrogen-bond acceptors (Lipinski definition) is 7. The number of ether oxygens (including phenoxy) is 1. The Morgan fingerprint density at radius 1 is 1.53 bits per heavy atom. The second kappa shape index (κ2) is 5.36. The van der Waals surface area contributed by atoms with Gasteiger partial charge in [0.05, 0.1) is 5.01 Å². The summed E-state index contributed by atoms with van der Waals surface area (Å²) in [5.74, 6) is 1.60. The van der Waals surface area contributed by atoms with Crippen molar-refractivity contribution < 1.29 is 9.26 Å². The van der Waals surface area contributed by atoms with Gasteiger partial charge < -0.3 is 15.0 Å². The molecule has 0 aromatic carbocycles. The molecule has 6 nitrogen and oxygen atoms in total. The molecule has 1 aliphatic carbocycles. The van der Waals surface area contributed by atoms with Crippen molar-refractivity contribution in [2.45, 2.75) is 25.4 Å². The molecule has 0 aliphatic heterocycles. The minimum absolute atomic E-state index is 0.0559. The molecule has 0 radical (unpaired) electrons. The van der Waals surface area contributed by atoms with E-state index in [1.807, 2.05) is 5.38 Å². The first-order valence-corrected chi connectivity index (χ1v) is 7.21. The number of aromatic nitrogens is 3. The Bertz CT molecular complexity index is 549. The fourth-order valence-electron chi connectivity index (χ4n) is 2.01. The number of rotatable bonds is 6. The van der Waals surface area contributed by atoms with Gasteiger partial charge in [-0.1, -0.05) is 5.16 Å². The van der Waals surface area contributed by atoms with Crippen molar-refractivity contribution in [2.24, 2.45) is 11.7 Å². The van der Waals surface area contributed by atoms with Crippen LogP contribution >= 0.6 is 11.3 Å². The third kappa shape index (κ3) is 2.68. The summed E-state index contributed by atoms with van der Waals surface area (Å²) in [7, 11) is 1.68. The predicted octanol–water partition coefficient (Wildman–Crippen LogP) is 1.79. The lowest BCUT2D eigenvalue weighted by Gasteiger charge is -2.07. The molecular formula is C12H16N4O2S. The maximum absolute atomic E-state index is 5.51. The van der Waals surface area contributed by atoms with Crippen LogP contribution in [0.3, 0.4) is 0 Å².